The lowest BCUT2D eigenvalue weighted by atomic mass is 10.1. The van der Waals surface area contributed by atoms with Crippen molar-refractivity contribution in [3.63, 3.8) is 0 Å². The van der Waals surface area contributed by atoms with E-state index in [9.17, 15) is 9.59 Å². The summed E-state index contributed by atoms with van der Waals surface area (Å²) in [6, 6.07) is 0. The minimum Gasteiger partial charge on any atom is -0.481 e. The standard InChI is InChI=1S/C14H19NO4/c1-8-9(2)19-10(3)13(8)14(18)15-5-4-11(7-15)6-12(16)17/h11H,4-7H2,1-3H3,(H,16,17). The van der Waals surface area contributed by atoms with Gasteiger partial charge in [-0.05, 0) is 33.1 Å². The number of carbonyl (C=O) groups excluding carboxylic acids is 1. The van der Waals surface area contributed by atoms with Crippen LogP contribution in [0.15, 0.2) is 4.42 Å². The van der Waals surface area contributed by atoms with Crippen LogP contribution in [-0.4, -0.2) is 35.0 Å². The first-order chi connectivity index (χ1) is 8.90. The molecule has 19 heavy (non-hydrogen) atoms. The van der Waals surface area contributed by atoms with E-state index in [0.717, 1.165) is 17.7 Å². The molecule has 2 heterocycles. The Bertz CT molecular complexity index is 518. The monoisotopic (exact) mass is 265 g/mol. The van der Waals surface area contributed by atoms with Crippen LogP contribution in [0.5, 0.6) is 0 Å². The van der Waals surface area contributed by atoms with E-state index in [1.54, 1.807) is 11.8 Å². The summed E-state index contributed by atoms with van der Waals surface area (Å²) in [7, 11) is 0. The van der Waals surface area contributed by atoms with E-state index in [0.29, 0.717) is 24.4 Å². The molecule has 1 aromatic heterocycles. The molecule has 1 saturated heterocycles. The molecule has 2 rings (SSSR count). The molecule has 1 unspecified atom stereocenters. The summed E-state index contributed by atoms with van der Waals surface area (Å²) in [4.78, 5) is 24.9. The van der Waals surface area contributed by atoms with Gasteiger partial charge in [0.25, 0.3) is 5.91 Å². The lowest BCUT2D eigenvalue weighted by molar-refractivity contribution is -0.138. The van der Waals surface area contributed by atoms with Crippen LogP contribution in [-0.2, 0) is 4.79 Å². The van der Waals surface area contributed by atoms with Crippen LogP contribution in [0.25, 0.3) is 0 Å². The molecular formula is C14H19NO4. The fraction of sp³-hybridized carbons (Fsp3) is 0.571. The van der Waals surface area contributed by atoms with Gasteiger partial charge in [-0.2, -0.15) is 0 Å². The molecule has 1 aromatic rings. The molecule has 1 aliphatic rings. The van der Waals surface area contributed by atoms with Gasteiger partial charge >= 0.3 is 5.97 Å². The summed E-state index contributed by atoms with van der Waals surface area (Å²) in [5.41, 5.74) is 1.51. The van der Waals surface area contributed by atoms with Crippen LogP contribution in [0, 0.1) is 26.7 Å². The van der Waals surface area contributed by atoms with Gasteiger partial charge in [-0.3, -0.25) is 9.59 Å². The van der Waals surface area contributed by atoms with E-state index in [2.05, 4.69) is 0 Å². The van der Waals surface area contributed by atoms with Crippen molar-refractivity contribution >= 4 is 11.9 Å². The van der Waals surface area contributed by atoms with Crippen LogP contribution in [0.3, 0.4) is 0 Å². The Morgan fingerprint density at radius 2 is 2.00 bits per heavy atom. The van der Waals surface area contributed by atoms with Crippen molar-refractivity contribution in [2.45, 2.75) is 33.6 Å². The molecule has 1 atom stereocenters. The summed E-state index contributed by atoms with van der Waals surface area (Å²) in [6.45, 7) is 6.66. The molecule has 1 aliphatic heterocycles. The fourth-order valence-electron chi connectivity index (χ4n) is 2.70. The Labute approximate surface area is 112 Å². The zero-order valence-electron chi connectivity index (χ0n) is 11.5. The number of furan rings is 1. The second-order valence-corrected chi connectivity index (χ2v) is 5.22. The second kappa shape index (κ2) is 5.07. The van der Waals surface area contributed by atoms with E-state index >= 15 is 0 Å². The molecule has 5 heteroatoms. The lowest BCUT2D eigenvalue weighted by Gasteiger charge is -2.16. The summed E-state index contributed by atoms with van der Waals surface area (Å²) in [5.74, 6) is 0.629. The highest BCUT2D eigenvalue weighted by atomic mass is 16.4. The SMILES string of the molecule is Cc1oc(C)c(C(=O)N2CCC(CC(=O)O)C2)c1C. The molecule has 104 valence electrons. The van der Waals surface area contributed by atoms with Crippen LogP contribution in [0.1, 0.15) is 40.3 Å². The average Bonchev–Trinajstić information content (AvgIpc) is 2.84. The average molecular weight is 265 g/mol. The Kier molecular flexibility index (Phi) is 3.64. The summed E-state index contributed by atoms with van der Waals surface area (Å²) in [6.07, 6.45) is 0.888. The van der Waals surface area contributed by atoms with Gasteiger partial charge in [0.15, 0.2) is 0 Å². The lowest BCUT2D eigenvalue weighted by Crippen LogP contribution is -2.29. The molecule has 0 radical (unpaired) electrons. The van der Waals surface area contributed by atoms with Crippen molar-refractivity contribution < 1.29 is 19.1 Å². The third kappa shape index (κ3) is 2.64. The first-order valence-corrected chi connectivity index (χ1v) is 6.47. The number of carboxylic acids is 1. The maximum absolute atomic E-state index is 12.5. The van der Waals surface area contributed by atoms with E-state index in [4.69, 9.17) is 9.52 Å². The van der Waals surface area contributed by atoms with E-state index in [1.165, 1.54) is 0 Å². The number of carbonyl (C=O) groups is 2. The van der Waals surface area contributed by atoms with Crippen molar-refractivity contribution in [2.24, 2.45) is 5.92 Å². The third-order valence-corrected chi connectivity index (χ3v) is 3.81. The van der Waals surface area contributed by atoms with Gasteiger partial charge in [-0.25, -0.2) is 0 Å². The zero-order chi connectivity index (χ0) is 14.2. The van der Waals surface area contributed by atoms with Gasteiger partial charge in [0.1, 0.15) is 11.5 Å². The number of hydrogen-bond donors (Lipinski definition) is 1. The Morgan fingerprint density at radius 1 is 1.32 bits per heavy atom. The van der Waals surface area contributed by atoms with Crippen molar-refractivity contribution in [3.8, 4) is 0 Å². The van der Waals surface area contributed by atoms with Gasteiger partial charge in [0.05, 0.1) is 5.56 Å². The number of hydrogen-bond acceptors (Lipinski definition) is 3. The molecule has 0 bridgehead atoms. The molecule has 0 saturated carbocycles. The van der Waals surface area contributed by atoms with Gasteiger partial charge in [0, 0.05) is 25.1 Å². The fourth-order valence-corrected chi connectivity index (χ4v) is 2.70. The summed E-state index contributed by atoms with van der Waals surface area (Å²) in [5, 5.41) is 8.79. The highest BCUT2D eigenvalue weighted by Crippen LogP contribution is 2.26. The maximum atomic E-state index is 12.5. The summed E-state index contributed by atoms with van der Waals surface area (Å²) < 4.78 is 5.48. The van der Waals surface area contributed by atoms with Crippen molar-refractivity contribution in [1.29, 1.82) is 0 Å². The van der Waals surface area contributed by atoms with Gasteiger partial charge in [0.2, 0.25) is 0 Å². The van der Waals surface area contributed by atoms with Crippen LogP contribution >= 0.6 is 0 Å². The number of aliphatic carboxylic acids is 1. The molecule has 5 nitrogen and oxygen atoms in total. The molecule has 0 aliphatic carbocycles. The number of aryl methyl sites for hydroxylation is 2. The number of nitrogens with zero attached hydrogens (tertiary/aromatic N) is 1. The van der Waals surface area contributed by atoms with Crippen molar-refractivity contribution in [2.75, 3.05) is 13.1 Å². The zero-order valence-corrected chi connectivity index (χ0v) is 11.5. The van der Waals surface area contributed by atoms with Crippen LogP contribution in [0.4, 0.5) is 0 Å². The van der Waals surface area contributed by atoms with E-state index < -0.39 is 5.97 Å². The van der Waals surface area contributed by atoms with Gasteiger partial charge in [-0.15, -0.1) is 0 Å². The normalized spacial score (nSPS) is 18.9. The Morgan fingerprint density at radius 3 is 2.53 bits per heavy atom. The molecular weight excluding hydrogens is 246 g/mol. The number of amides is 1. The smallest absolute Gasteiger partial charge is 0.303 e. The quantitative estimate of drug-likeness (QED) is 0.909. The minimum atomic E-state index is -0.800. The Balaban J connectivity index is 2.11. The maximum Gasteiger partial charge on any atom is 0.303 e. The van der Waals surface area contributed by atoms with Crippen LogP contribution in [0.2, 0.25) is 0 Å². The molecule has 1 amide bonds. The van der Waals surface area contributed by atoms with Gasteiger partial charge < -0.3 is 14.4 Å². The molecule has 1 N–H and O–H groups in total. The van der Waals surface area contributed by atoms with Crippen molar-refractivity contribution in [3.05, 3.63) is 22.6 Å². The highest BCUT2D eigenvalue weighted by molar-refractivity contribution is 5.97. The first kappa shape index (κ1) is 13.6. The van der Waals surface area contributed by atoms with E-state index in [-0.39, 0.29) is 18.2 Å². The topological polar surface area (TPSA) is 70.8 Å². The number of likely N-dealkylation sites (tertiary alicyclic amines) is 1. The largest absolute Gasteiger partial charge is 0.481 e. The number of carboxylic acid groups (broad SMARTS) is 1. The second-order valence-electron chi connectivity index (χ2n) is 5.22. The van der Waals surface area contributed by atoms with E-state index in [1.807, 2.05) is 13.8 Å². The predicted molar refractivity (Wildman–Crippen MR) is 69.2 cm³/mol. The predicted octanol–water partition coefficient (Wildman–Crippen LogP) is 2.14. The third-order valence-electron chi connectivity index (χ3n) is 3.81. The summed E-state index contributed by atoms with van der Waals surface area (Å²) >= 11 is 0. The minimum absolute atomic E-state index is 0.0419. The molecule has 1 fully saturated rings. The molecule has 0 aromatic carbocycles. The van der Waals surface area contributed by atoms with Crippen molar-refractivity contribution in [1.82, 2.24) is 4.90 Å². The highest BCUT2D eigenvalue weighted by Gasteiger charge is 2.31. The number of rotatable bonds is 3. The first-order valence-electron chi connectivity index (χ1n) is 6.47. The van der Waals surface area contributed by atoms with Gasteiger partial charge in [-0.1, -0.05) is 0 Å². The molecule has 0 spiro atoms. The van der Waals surface area contributed by atoms with Crippen LogP contribution < -0.4 is 0 Å². The Hall–Kier alpha value is -1.78.